The summed E-state index contributed by atoms with van der Waals surface area (Å²) < 4.78 is 6.36. The van der Waals surface area contributed by atoms with Crippen LogP contribution in [0.4, 0.5) is 5.13 Å². The minimum atomic E-state index is -0.0340. The van der Waals surface area contributed by atoms with E-state index in [0.717, 1.165) is 40.7 Å². The summed E-state index contributed by atoms with van der Waals surface area (Å²) in [7, 11) is 1.62. The van der Waals surface area contributed by atoms with Gasteiger partial charge in [-0.15, -0.1) is 12.4 Å². The van der Waals surface area contributed by atoms with Gasteiger partial charge in [0, 0.05) is 18.7 Å². The summed E-state index contributed by atoms with van der Waals surface area (Å²) in [5, 5.41) is 0.752. The van der Waals surface area contributed by atoms with Gasteiger partial charge in [0.05, 0.1) is 17.3 Å². The molecule has 1 aromatic heterocycles. The maximum absolute atomic E-state index is 13.4. The maximum Gasteiger partial charge on any atom is 0.260 e. The average Bonchev–Trinajstić information content (AvgIpc) is 3.15. The first-order chi connectivity index (χ1) is 14.0. The fourth-order valence-corrected chi connectivity index (χ4v) is 4.48. The number of aryl methyl sites for hydroxylation is 2. The molecule has 3 aromatic rings. The summed E-state index contributed by atoms with van der Waals surface area (Å²) in [6.07, 6.45) is 0. The number of carbonyl (C=O) groups is 1. The highest BCUT2D eigenvalue weighted by Crippen LogP contribution is 2.33. The Morgan fingerprint density at radius 3 is 2.33 bits per heavy atom. The summed E-state index contributed by atoms with van der Waals surface area (Å²) in [4.78, 5) is 22.4. The Morgan fingerprint density at radius 2 is 1.73 bits per heavy atom. The number of nitrogens with zero attached hydrogens (tertiary/aromatic N) is 3. The zero-order chi connectivity index (χ0) is 21.0. The third kappa shape index (κ3) is 5.31. The van der Waals surface area contributed by atoms with Gasteiger partial charge in [0.2, 0.25) is 0 Å². The first-order valence-corrected chi connectivity index (χ1v) is 10.8. The van der Waals surface area contributed by atoms with Crippen LogP contribution in [0.25, 0.3) is 10.2 Å². The van der Waals surface area contributed by atoms with Crippen molar-refractivity contribution in [3.8, 4) is 5.75 Å². The number of halogens is 1. The second-order valence-electron chi connectivity index (χ2n) is 7.14. The Hall–Kier alpha value is -2.15. The topological polar surface area (TPSA) is 45.7 Å². The summed E-state index contributed by atoms with van der Waals surface area (Å²) in [6, 6.07) is 11.5. The van der Waals surface area contributed by atoms with Crippen molar-refractivity contribution >= 4 is 45.0 Å². The number of hydrogen-bond acceptors (Lipinski definition) is 5. The number of carbonyl (C=O) groups excluding carboxylic acids is 1. The van der Waals surface area contributed by atoms with E-state index in [1.807, 2.05) is 29.2 Å². The molecule has 30 heavy (non-hydrogen) atoms. The smallest absolute Gasteiger partial charge is 0.260 e. The Bertz CT molecular complexity index is 984. The maximum atomic E-state index is 13.4. The minimum absolute atomic E-state index is 0. The molecule has 1 heterocycles. The molecule has 0 fully saturated rings. The molecule has 3 rings (SSSR count). The molecule has 0 bridgehead atoms. The van der Waals surface area contributed by atoms with Crippen LogP contribution in [-0.4, -0.2) is 49.1 Å². The van der Waals surface area contributed by atoms with E-state index in [9.17, 15) is 4.79 Å². The van der Waals surface area contributed by atoms with Crippen LogP contribution in [0.1, 0.15) is 35.3 Å². The highest BCUT2D eigenvalue weighted by atomic mass is 35.5. The Morgan fingerprint density at radius 1 is 1.07 bits per heavy atom. The zero-order valence-corrected chi connectivity index (χ0v) is 19.9. The molecule has 5 nitrogen and oxygen atoms in total. The molecule has 0 atom stereocenters. The quantitative estimate of drug-likeness (QED) is 0.468. The normalized spacial score (nSPS) is 10.9. The van der Waals surface area contributed by atoms with Gasteiger partial charge in [-0.25, -0.2) is 4.98 Å². The minimum Gasteiger partial charge on any atom is -0.497 e. The van der Waals surface area contributed by atoms with Crippen molar-refractivity contribution in [2.45, 2.75) is 27.7 Å². The molecule has 0 saturated carbocycles. The Kier molecular flexibility index (Phi) is 8.65. The number of rotatable bonds is 8. The molecular weight excluding hydrogens is 418 g/mol. The van der Waals surface area contributed by atoms with Gasteiger partial charge < -0.3 is 9.64 Å². The average molecular weight is 448 g/mol. The molecule has 0 aliphatic heterocycles. The zero-order valence-electron chi connectivity index (χ0n) is 18.3. The second-order valence-corrected chi connectivity index (χ2v) is 8.12. The lowest BCUT2D eigenvalue weighted by atomic mass is 10.1. The summed E-state index contributed by atoms with van der Waals surface area (Å²) in [6.45, 7) is 11.8. The van der Waals surface area contributed by atoms with Gasteiger partial charge >= 0.3 is 0 Å². The van der Waals surface area contributed by atoms with E-state index in [4.69, 9.17) is 9.72 Å². The molecule has 0 unspecified atom stereocenters. The van der Waals surface area contributed by atoms with E-state index in [0.29, 0.717) is 12.1 Å². The number of ether oxygens (including phenoxy) is 1. The van der Waals surface area contributed by atoms with E-state index < -0.39 is 0 Å². The first kappa shape index (κ1) is 24.1. The van der Waals surface area contributed by atoms with Gasteiger partial charge in [0.1, 0.15) is 5.75 Å². The lowest BCUT2D eigenvalue weighted by molar-refractivity contribution is 0.0983. The van der Waals surface area contributed by atoms with Crippen molar-refractivity contribution in [1.29, 1.82) is 0 Å². The monoisotopic (exact) mass is 447 g/mol. The third-order valence-corrected chi connectivity index (χ3v) is 6.39. The Balaban J connectivity index is 0.00000320. The molecular formula is C23H30ClN3O2S. The van der Waals surface area contributed by atoms with Crippen molar-refractivity contribution in [1.82, 2.24) is 9.88 Å². The molecule has 0 aliphatic carbocycles. The fourth-order valence-electron chi connectivity index (χ4n) is 3.44. The van der Waals surface area contributed by atoms with Crippen LogP contribution in [0.15, 0.2) is 36.4 Å². The predicted octanol–water partition coefficient (Wildman–Crippen LogP) is 5.33. The molecule has 0 saturated heterocycles. The predicted molar refractivity (Wildman–Crippen MR) is 129 cm³/mol. The van der Waals surface area contributed by atoms with Crippen LogP contribution >= 0.6 is 23.7 Å². The number of benzene rings is 2. The van der Waals surface area contributed by atoms with Crippen molar-refractivity contribution in [2.75, 3.05) is 38.2 Å². The number of methoxy groups -OCH3 is 1. The van der Waals surface area contributed by atoms with Gasteiger partial charge in [-0.05, 0) is 68.4 Å². The van der Waals surface area contributed by atoms with Crippen LogP contribution < -0.4 is 9.64 Å². The SMILES string of the molecule is CCN(CC)CCN(C(=O)c1ccc(OC)cc1)c1nc2cc(C)cc(C)c2s1.Cl. The molecule has 0 spiro atoms. The van der Waals surface area contributed by atoms with Crippen molar-refractivity contribution in [3.05, 3.63) is 53.1 Å². The van der Waals surface area contributed by atoms with Gasteiger partial charge in [-0.3, -0.25) is 9.69 Å². The third-order valence-electron chi connectivity index (χ3n) is 5.16. The lowest BCUT2D eigenvalue weighted by Gasteiger charge is -2.24. The van der Waals surface area contributed by atoms with Crippen molar-refractivity contribution in [2.24, 2.45) is 0 Å². The number of thiazole rings is 1. The molecule has 7 heteroatoms. The lowest BCUT2D eigenvalue weighted by Crippen LogP contribution is -2.38. The molecule has 1 amide bonds. The molecule has 0 N–H and O–H groups in total. The number of fused-ring (bicyclic) bond motifs is 1. The van der Waals surface area contributed by atoms with Crippen LogP contribution in [0.3, 0.4) is 0 Å². The second kappa shape index (κ2) is 10.8. The Labute approximate surface area is 189 Å². The van der Waals surface area contributed by atoms with E-state index in [-0.39, 0.29) is 18.3 Å². The van der Waals surface area contributed by atoms with E-state index >= 15 is 0 Å². The van der Waals surface area contributed by atoms with Crippen LogP contribution in [0, 0.1) is 13.8 Å². The number of hydrogen-bond donors (Lipinski definition) is 0. The fraction of sp³-hybridized carbons (Fsp3) is 0.391. The van der Waals surface area contributed by atoms with Crippen molar-refractivity contribution < 1.29 is 9.53 Å². The standard InChI is InChI=1S/C23H29N3O2S.ClH/c1-6-25(7-2)12-13-26(22(27)18-8-10-19(28-5)11-9-18)23-24-20-15-16(3)14-17(4)21(20)29-23;/h8-11,14-15H,6-7,12-13H2,1-5H3;1H. The first-order valence-electron chi connectivity index (χ1n) is 10.0. The number of amides is 1. The molecule has 162 valence electrons. The summed E-state index contributed by atoms with van der Waals surface area (Å²) in [5.41, 5.74) is 3.97. The number of likely N-dealkylation sites (N-methyl/N-ethyl adjacent to an activating group) is 1. The van der Waals surface area contributed by atoms with E-state index in [1.54, 1.807) is 18.4 Å². The largest absolute Gasteiger partial charge is 0.497 e. The van der Waals surface area contributed by atoms with E-state index in [2.05, 4.69) is 44.7 Å². The van der Waals surface area contributed by atoms with Gasteiger partial charge in [0.25, 0.3) is 5.91 Å². The molecule has 2 aromatic carbocycles. The van der Waals surface area contributed by atoms with E-state index in [1.165, 1.54) is 11.1 Å². The van der Waals surface area contributed by atoms with Crippen molar-refractivity contribution in [3.63, 3.8) is 0 Å². The van der Waals surface area contributed by atoms with Crippen LogP contribution in [-0.2, 0) is 0 Å². The molecule has 0 radical (unpaired) electrons. The van der Waals surface area contributed by atoms with Crippen LogP contribution in [0.2, 0.25) is 0 Å². The van der Waals surface area contributed by atoms with Crippen LogP contribution in [0.5, 0.6) is 5.75 Å². The van der Waals surface area contributed by atoms with Gasteiger partial charge in [0.15, 0.2) is 5.13 Å². The number of aromatic nitrogens is 1. The highest BCUT2D eigenvalue weighted by molar-refractivity contribution is 7.22. The van der Waals surface area contributed by atoms with Gasteiger partial charge in [-0.2, -0.15) is 0 Å². The number of anilines is 1. The van der Waals surface area contributed by atoms with Gasteiger partial charge in [-0.1, -0.05) is 31.3 Å². The molecule has 0 aliphatic rings. The summed E-state index contributed by atoms with van der Waals surface area (Å²) in [5.74, 6) is 0.704. The summed E-state index contributed by atoms with van der Waals surface area (Å²) >= 11 is 1.59. The highest BCUT2D eigenvalue weighted by Gasteiger charge is 2.22.